The minimum absolute atomic E-state index is 0.711. The third kappa shape index (κ3) is 3.32. The zero-order valence-corrected chi connectivity index (χ0v) is 13.7. The second-order valence-corrected chi connectivity index (χ2v) is 6.33. The third-order valence-corrected chi connectivity index (χ3v) is 5.03. The van der Waals surface area contributed by atoms with Crippen LogP contribution in [0.2, 0.25) is 0 Å². The molecule has 0 spiro atoms. The lowest BCUT2D eigenvalue weighted by Gasteiger charge is -2.35. The van der Waals surface area contributed by atoms with E-state index in [0.29, 0.717) is 6.04 Å². The molecule has 2 rings (SSSR count). The lowest BCUT2D eigenvalue weighted by atomic mass is 9.87. The molecular weight excluding hydrogens is 300 g/mol. The molecule has 0 radical (unpaired) electrons. The van der Waals surface area contributed by atoms with Crippen molar-refractivity contribution in [3.8, 4) is 0 Å². The molecule has 1 aliphatic carbocycles. The van der Waals surface area contributed by atoms with Gasteiger partial charge in [-0.15, -0.1) is 0 Å². The quantitative estimate of drug-likeness (QED) is 0.829. The van der Waals surface area contributed by atoms with Gasteiger partial charge in [0.25, 0.3) is 0 Å². The Morgan fingerprint density at radius 1 is 1.26 bits per heavy atom. The lowest BCUT2D eigenvalue weighted by molar-refractivity contribution is 0.180. The summed E-state index contributed by atoms with van der Waals surface area (Å²) in [5.74, 6) is 0. The average molecular weight is 325 g/mol. The number of fused-ring (bicyclic) bond motifs is 1. The maximum absolute atomic E-state index is 5.98. The van der Waals surface area contributed by atoms with E-state index in [1.807, 2.05) is 6.07 Å². The second-order valence-electron chi connectivity index (χ2n) is 5.54. The number of rotatable bonds is 5. The molecule has 2 N–H and O–H groups in total. The van der Waals surface area contributed by atoms with Crippen LogP contribution >= 0.6 is 15.9 Å². The van der Waals surface area contributed by atoms with E-state index in [9.17, 15) is 0 Å². The van der Waals surface area contributed by atoms with Crippen molar-refractivity contribution in [2.75, 3.05) is 18.8 Å². The molecular formula is C16H25BrN2. The molecule has 2 nitrogen and oxygen atoms in total. The third-order valence-electron chi connectivity index (χ3n) is 4.09. The molecule has 0 amide bonds. The summed E-state index contributed by atoms with van der Waals surface area (Å²) < 4.78 is 1.13. The van der Waals surface area contributed by atoms with Gasteiger partial charge < -0.3 is 10.6 Å². The van der Waals surface area contributed by atoms with Crippen LogP contribution in [0.4, 0.5) is 5.69 Å². The fraction of sp³-hybridized carbons (Fsp3) is 0.625. The number of hydrogen-bond acceptors (Lipinski definition) is 2. The van der Waals surface area contributed by atoms with Crippen LogP contribution in [-0.4, -0.2) is 24.0 Å². The standard InChI is InChI=1S/C16H25BrN2/c1-3-9-19(10-4-2)13-6-7-14-12(11-13)5-8-15(18)16(14)17/h5,8,13H,3-4,6-7,9-11,18H2,1-2H3. The van der Waals surface area contributed by atoms with Crippen LogP contribution in [0.1, 0.15) is 44.2 Å². The van der Waals surface area contributed by atoms with Crippen LogP contribution in [0.15, 0.2) is 16.6 Å². The van der Waals surface area contributed by atoms with Crippen LogP contribution < -0.4 is 5.73 Å². The molecule has 1 unspecified atom stereocenters. The van der Waals surface area contributed by atoms with Crippen molar-refractivity contribution in [2.45, 2.75) is 52.0 Å². The fourth-order valence-electron chi connectivity index (χ4n) is 3.17. The maximum atomic E-state index is 5.98. The largest absolute Gasteiger partial charge is 0.398 e. The predicted octanol–water partition coefficient (Wildman–Crippen LogP) is 4.01. The Labute approximate surface area is 125 Å². The topological polar surface area (TPSA) is 29.3 Å². The van der Waals surface area contributed by atoms with E-state index < -0.39 is 0 Å². The summed E-state index contributed by atoms with van der Waals surface area (Å²) >= 11 is 3.65. The molecule has 0 saturated carbocycles. The molecule has 1 aliphatic rings. The van der Waals surface area contributed by atoms with Crippen LogP contribution in [0.5, 0.6) is 0 Å². The summed E-state index contributed by atoms with van der Waals surface area (Å²) in [6.07, 6.45) is 6.07. The Kier molecular flexibility index (Phi) is 5.28. The van der Waals surface area contributed by atoms with Crippen LogP contribution in [-0.2, 0) is 12.8 Å². The molecule has 1 aromatic carbocycles. The number of nitrogens with two attached hydrogens (primary N) is 1. The zero-order chi connectivity index (χ0) is 13.8. The first-order chi connectivity index (χ1) is 9.17. The molecule has 0 saturated heterocycles. The van der Waals surface area contributed by atoms with Crippen molar-refractivity contribution in [1.29, 1.82) is 0 Å². The lowest BCUT2D eigenvalue weighted by Crippen LogP contribution is -2.40. The molecule has 0 bridgehead atoms. The molecule has 0 heterocycles. The van der Waals surface area contributed by atoms with Gasteiger partial charge in [0.05, 0.1) is 0 Å². The van der Waals surface area contributed by atoms with Crippen LogP contribution in [0.25, 0.3) is 0 Å². The Bertz CT molecular complexity index is 425. The SMILES string of the molecule is CCCN(CCC)C1CCc2c(ccc(N)c2Br)C1. The van der Waals surface area contributed by atoms with E-state index in [-0.39, 0.29) is 0 Å². The minimum Gasteiger partial charge on any atom is -0.398 e. The van der Waals surface area contributed by atoms with Crippen molar-refractivity contribution < 1.29 is 0 Å². The van der Waals surface area contributed by atoms with E-state index in [0.717, 1.165) is 16.6 Å². The van der Waals surface area contributed by atoms with Crippen molar-refractivity contribution in [1.82, 2.24) is 4.90 Å². The van der Waals surface area contributed by atoms with Gasteiger partial charge in [0.15, 0.2) is 0 Å². The monoisotopic (exact) mass is 324 g/mol. The second kappa shape index (κ2) is 6.76. The molecule has 1 aromatic rings. The summed E-state index contributed by atoms with van der Waals surface area (Å²) in [5.41, 5.74) is 9.76. The predicted molar refractivity (Wildman–Crippen MR) is 86.5 cm³/mol. The highest BCUT2D eigenvalue weighted by molar-refractivity contribution is 9.10. The van der Waals surface area contributed by atoms with Gasteiger partial charge in [-0.2, -0.15) is 0 Å². The molecule has 0 aromatic heterocycles. The normalized spacial score (nSPS) is 18.6. The Balaban J connectivity index is 2.15. The highest BCUT2D eigenvalue weighted by Crippen LogP contribution is 2.33. The number of nitrogen functional groups attached to an aromatic ring is 1. The summed E-state index contributed by atoms with van der Waals surface area (Å²) in [6.45, 7) is 7.00. The number of anilines is 1. The van der Waals surface area contributed by atoms with Gasteiger partial charge in [-0.1, -0.05) is 19.9 Å². The van der Waals surface area contributed by atoms with E-state index in [1.165, 1.54) is 49.9 Å². The molecule has 19 heavy (non-hydrogen) atoms. The number of halogens is 1. The van der Waals surface area contributed by atoms with Crippen molar-refractivity contribution >= 4 is 21.6 Å². The summed E-state index contributed by atoms with van der Waals surface area (Å²) in [4.78, 5) is 2.67. The minimum atomic E-state index is 0.711. The van der Waals surface area contributed by atoms with E-state index in [1.54, 1.807) is 0 Å². The Hall–Kier alpha value is -0.540. The van der Waals surface area contributed by atoms with Gasteiger partial charge in [0.2, 0.25) is 0 Å². The first-order valence-electron chi connectivity index (χ1n) is 7.47. The van der Waals surface area contributed by atoms with E-state index in [2.05, 4.69) is 40.7 Å². The maximum Gasteiger partial charge on any atom is 0.0461 e. The van der Waals surface area contributed by atoms with Crippen LogP contribution in [0.3, 0.4) is 0 Å². The van der Waals surface area contributed by atoms with Gasteiger partial charge in [0.1, 0.15) is 0 Å². The van der Waals surface area contributed by atoms with E-state index >= 15 is 0 Å². The van der Waals surface area contributed by atoms with Crippen molar-refractivity contribution in [2.24, 2.45) is 0 Å². The van der Waals surface area contributed by atoms with Gasteiger partial charge in [0, 0.05) is 16.2 Å². The van der Waals surface area contributed by atoms with Gasteiger partial charge in [-0.05, 0) is 78.3 Å². The molecule has 3 heteroatoms. The highest BCUT2D eigenvalue weighted by Gasteiger charge is 2.25. The highest BCUT2D eigenvalue weighted by atomic mass is 79.9. The summed E-state index contributed by atoms with van der Waals surface area (Å²) in [5, 5.41) is 0. The zero-order valence-electron chi connectivity index (χ0n) is 12.1. The molecule has 0 aliphatic heterocycles. The first-order valence-corrected chi connectivity index (χ1v) is 8.26. The average Bonchev–Trinajstić information content (AvgIpc) is 2.42. The summed E-state index contributed by atoms with van der Waals surface area (Å²) in [6, 6.07) is 4.97. The first kappa shape index (κ1) is 14.9. The Morgan fingerprint density at radius 2 is 1.95 bits per heavy atom. The van der Waals surface area contributed by atoms with Gasteiger partial charge in [-0.3, -0.25) is 0 Å². The smallest absolute Gasteiger partial charge is 0.0461 e. The van der Waals surface area contributed by atoms with Gasteiger partial charge >= 0.3 is 0 Å². The molecule has 106 valence electrons. The van der Waals surface area contributed by atoms with Crippen LogP contribution in [0, 0.1) is 0 Å². The van der Waals surface area contributed by atoms with Crippen molar-refractivity contribution in [3.05, 3.63) is 27.7 Å². The number of benzene rings is 1. The fourth-order valence-corrected chi connectivity index (χ4v) is 3.76. The Morgan fingerprint density at radius 3 is 2.58 bits per heavy atom. The van der Waals surface area contributed by atoms with Gasteiger partial charge in [-0.25, -0.2) is 0 Å². The number of hydrogen-bond donors (Lipinski definition) is 1. The number of nitrogens with zero attached hydrogens (tertiary/aromatic N) is 1. The molecule has 0 fully saturated rings. The van der Waals surface area contributed by atoms with E-state index in [4.69, 9.17) is 5.73 Å². The molecule has 1 atom stereocenters. The van der Waals surface area contributed by atoms with Crippen molar-refractivity contribution in [3.63, 3.8) is 0 Å². The summed E-state index contributed by atoms with van der Waals surface area (Å²) in [7, 11) is 0.